The van der Waals surface area contributed by atoms with Gasteiger partial charge < -0.3 is 5.32 Å². The molecule has 0 aliphatic carbocycles. The molecular formula is C26H19N3O3S. The van der Waals surface area contributed by atoms with E-state index in [1.165, 1.54) is 18.2 Å². The predicted octanol–water partition coefficient (Wildman–Crippen LogP) is 4.53. The number of sulfonamides is 1. The van der Waals surface area contributed by atoms with E-state index in [1.807, 2.05) is 24.3 Å². The Balaban J connectivity index is 1.48. The number of nitrogens with one attached hydrogen (secondary N) is 2. The number of carbonyl (C=O) groups is 1. The number of amides is 1. The van der Waals surface area contributed by atoms with Crippen LogP contribution in [0.15, 0.2) is 108 Å². The quantitative estimate of drug-likeness (QED) is 0.435. The van der Waals surface area contributed by atoms with E-state index in [2.05, 4.69) is 26.9 Å². The van der Waals surface area contributed by atoms with Crippen LogP contribution in [0.2, 0.25) is 0 Å². The van der Waals surface area contributed by atoms with Gasteiger partial charge in [-0.25, -0.2) is 13.4 Å². The summed E-state index contributed by atoms with van der Waals surface area (Å²) in [5.74, 6) is 5.63. The molecule has 0 aliphatic rings. The van der Waals surface area contributed by atoms with Crippen LogP contribution in [0.25, 0.3) is 0 Å². The summed E-state index contributed by atoms with van der Waals surface area (Å²) in [7, 11) is -3.75. The number of hydrogen-bond donors (Lipinski definition) is 2. The first-order valence-corrected chi connectivity index (χ1v) is 11.5. The van der Waals surface area contributed by atoms with E-state index < -0.39 is 10.0 Å². The SMILES string of the molecule is O=C(Nc1cccc(C#Cc2ccccn2)c1)c1cccc(NS(=O)(=O)c2ccccc2)c1. The number of pyridine rings is 1. The summed E-state index contributed by atoms with van der Waals surface area (Å²) in [6, 6.07) is 27.0. The molecule has 0 unspecified atom stereocenters. The third-order valence-corrected chi connectivity index (χ3v) is 5.95. The van der Waals surface area contributed by atoms with Crippen LogP contribution < -0.4 is 10.0 Å². The summed E-state index contributed by atoms with van der Waals surface area (Å²) < 4.78 is 27.6. The lowest BCUT2D eigenvalue weighted by molar-refractivity contribution is 0.102. The Morgan fingerprint density at radius 1 is 0.758 bits per heavy atom. The molecule has 0 radical (unpaired) electrons. The smallest absolute Gasteiger partial charge is 0.261 e. The van der Waals surface area contributed by atoms with Crippen molar-refractivity contribution in [1.82, 2.24) is 4.98 Å². The Bertz CT molecular complexity index is 1440. The van der Waals surface area contributed by atoms with Crippen molar-refractivity contribution in [3.63, 3.8) is 0 Å². The van der Waals surface area contributed by atoms with Crippen LogP contribution in [0, 0.1) is 11.8 Å². The first-order chi connectivity index (χ1) is 16.0. The second-order valence-corrected chi connectivity index (χ2v) is 8.68. The van der Waals surface area contributed by atoms with Crippen molar-refractivity contribution in [2.45, 2.75) is 4.90 Å². The van der Waals surface area contributed by atoms with Crippen LogP contribution >= 0.6 is 0 Å². The second kappa shape index (κ2) is 9.81. The van der Waals surface area contributed by atoms with E-state index in [0.29, 0.717) is 22.6 Å². The molecule has 33 heavy (non-hydrogen) atoms. The third kappa shape index (κ3) is 5.85. The number of rotatable bonds is 5. The topological polar surface area (TPSA) is 88.2 Å². The summed E-state index contributed by atoms with van der Waals surface area (Å²) >= 11 is 0. The minimum atomic E-state index is -3.75. The van der Waals surface area contributed by atoms with Crippen molar-refractivity contribution in [3.8, 4) is 11.8 Å². The molecule has 0 spiro atoms. The van der Waals surface area contributed by atoms with Crippen molar-refractivity contribution in [2.24, 2.45) is 0 Å². The highest BCUT2D eigenvalue weighted by molar-refractivity contribution is 7.92. The maximum Gasteiger partial charge on any atom is 0.261 e. The number of hydrogen-bond acceptors (Lipinski definition) is 4. The second-order valence-electron chi connectivity index (χ2n) is 7.00. The number of anilines is 2. The van der Waals surface area contributed by atoms with Crippen molar-refractivity contribution in [3.05, 3.63) is 120 Å². The van der Waals surface area contributed by atoms with E-state index in [1.54, 1.807) is 60.8 Å². The summed E-state index contributed by atoms with van der Waals surface area (Å²) in [5.41, 5.74) is 2.56. The molecule has 0 fully saturated rings. The number of benzene rings is 3. The van der Waals surface area contributed by atoms with Crippen LogP contribution in [-0.2, 0) is 10.0 Å². The minimum absolute atomic E-state index is 0.142. The number of carbonyl (C=O) groups excluding carboxylic acids is 1. The highest BCUT2D eigenvalue weighted by Crippen LogP contribution is 2.18. The van der Waals surface area contributed by atoms with Crippen LogP contribution in [0.5, 0.6) is 0 Å². The molecule has 0 saturated carbocycles. The van der Waals surface area contributed by atoms with E-state index in [9.17, 15) is 13.2 Å². The standard InChI is InChI=1S/C26H19N3O3S/c30-26(28-23-11-6-8-20(18-23)15-16-22-10-4-5-17-27-22)21-9-7-12-24(19-21)29-33(31,32)25-13-2-1-3-14-25/h1-14,17-19,29H,(H,28,30). The molecule has 1 amide bonds. The Morgan fingerprint density at radius 3 is 2.30 bits per heavy atom. The molecule has 2 N–H and O–H groups in total. The van der Waals surface area contributed by atoms with E-state index in [4.69, 9.17) is 0 Å². The van der Waals surface area contributed by atoms with Gasteiger partial charge in [-0.2, -0.15) is 0 Å². The molecule has 0 bridgehead atoms. The third-order valence-electron chi connectivity index (χ3n) is 4.55. The fourth-order valence-electron chi connectivity index (χ4n) is 2.99. The number of aromatic nitrogens is 1. The lowest BCUT2D eigenvalue weighted by Gasteiger charge is -2.10. The first kappa shape index (κ1) is 21.8. The molecule has 1 heterocycles. The van der Waals surface area contributed by atoms with Crippen LogP contribution in [0.3, 0.4) is 0 Å². The van der Waals surface area contributed by atoms with Crippen LogP contribution in [0.4, 0.5) is 11.4 Å². The zero-order chi connectivity index (χ0) is 23.1. The number of nitrogens with zero attached hydrogens (tertiary/aromatic N) is 1. The van der Waals surface area contributed by atoms with Gasteiger partial charge in [0.1, 0.15) is 5.69 Å². The van der Waals surface area contributed by atoms with Gasteiger partial charge in [0.15, 0.2) is 0 Å². The summed E-state index contributed by atoms with van der Waals surface area (Å²) in [5, 5.41) is 2.82. The Kier molecular flexibility index (Phi) is 6.48. The highest BCUT2D eigenvalue weighted by atomic mass is 32.2. The van der Waals surface area contributed by atoms with Crippen molar-refractivity contribution < 1.29 is 13.2 Å². The molecule has 162 valence electrons. The van der Waals surface area contributed by atoms with Gasteiger partial charge in [0.05, 0.1) is 4.90 Å². The average molecular weight is 454 g/mol. The molecule has 0 atom stereocenters. The van der Waals surface area contributed by atoms with Gasteiger partial charge in [-0.05, 0) is 66.6 Å². The van der Waals surface area contributed by atoms with Gasteiger partial charge in [0.25, 0.3) is 15.9 Å². The van der Waals surface area contributed by atoms with Gasteiger partial charge in [-0.15, -0.1) is 0 Å². The van der Waals surface area contributed by atoms with E-state index in [-0.39, 0.29) is 10.8 Å². The highest BCUT2D eigenvalue weighted by Gasteiger charge is 2.14. The molecule has 0 aliphatic heterocycles. The molecule has 1 aromatic heterocycles. The maximum absolute atomic E-state index is 12.8. The molecular weight excluding hydrogens is 434 g/mol. The zero-order valence-electron chi connectivity index (χ0n) is 17.4. The fourth-order valence-corrected chi connectivity index (χ4v) is 4.06. The average Bonchev–Trinajstić information content (AvgIpc) is 2.84. The van der Waals surface area contributed by atoms with Gasteiger partial charge in [-0.3, -0.25) is 9.52 Å². The maximum atomic E-state index is 12.8. The fraction of sp³-hybridized carbons (Fsp3) is 0. The molecule has 7 heteroatoms. The zero-order valence-corrected chi connectivity index (χ0v) is 18.2. The van der Waals surface area contributed by atoms with Crippen LogP contribution in [-0.4, -0.2) is 19.3 Å². The van der Waals surface area contributed by atoms with Gasteiger partial charge >= 0.3 is 0 Å². The Morgan fingerprint density at radius 2 is 1.52 bits per heavy atom. The van der Waals surface area contributed by atoms with E-state index >= 15 is 0 Å². The summed E-state index contributed by atoms with van der Waals surface area (Å²) in [6.45, 7) is 0. The van der Waals surface area contributed by atoms with Gasteiger partial charge in [0, 0.05) is 28.7 Å². The monoisotopic (exact) mass is 453 g/mol. The largest absolute Gasteiger partial charge is 0.322 e. The molecule has 4 rings (SSSR count). The van der Waals surface area contributed by atoms with Gasteiger partial charge in [0.2, 0.25) is 0 Å². The predicted molar refractivity (Wildman–Crippen MR) is 128 cm³/mol. The van der Waals surface area contributed by atoms with Crippen molar-refractivity contribution in [1.29, 1.82) is 0 Å². The van der Waals surface area contributed by atoms with Crippen LogP contribution in [0.1, 0.15) is 21.6 Å². The van der Waals surface area contributed by atoms with Crippen molar-refractivity contribution in [2.75, 3.05) is 10.0 Å². The molecule has 6 nitrogen and oxygen atoms in total. The Labute approximate surface area is 192 Å². The summed E-state index contributed by atoms with van der Waals surface area (Å²) in [6.07, 6.45) is 1.68. The first-order valence-electron chi connectivity index (χ1n) is 10.0. The molecule has 4 aromatic rings. The van der Waals surface area contributed by atoms with Crippen molar-refractivity contribution >= 4 is 27.3 Å². The lowest BCUT2D eigenvalue weighted by Crippen LogP contribution is -2.15. The minimum Gasteiger partial charge on any atom is -0.322 e. The normalized spacial score (nSPS) is 10.5. The molecule has 0 saturated heterocycles. The summed E-state index contributed by atoms with van der Waals surface area (Å²) in [4.78, 5) is 17.1. The lowest BCUT2D eigenvalue weighted by atomic mass is 10.1. The van der Waals surface area contributed by atoms with E-state index in [0.717, 1.165) is 5.56 Å². The van der Waals surface area contributed by atoms with Gasteiger partial charge in [-0.1, -0.05) is 42.3 Å². The molecule has 3 aromatic carbocycles. The Hall–Kier alpha value is -4.41.